The number of nitrogens with one attached hydrogen (secondary N) is 1. The van der Waals surface area contributed by atoms with Gasteiger partial charge in [0, 0.05) is 25.2 Å². The molecule has 1 fully saturated rings. The summed E-state index contributed by atoms with van der Waals surface area (Å²) < 4.78 is 13.2. The van der Waals surface area contributed by atoms with Crippen molar-refractivity contribution in [3.63, 3.8) is 0 Å². The second-order valence-corrected chi connectivity index (χ2v) is 5.73. The van der Waals surface area contributed by atoms with Crippen LogP contribution in [0.1, 0.15) is 31.7 Å². The molecule has 0 amide bonds. The van der Waals surface area contributed by atoms with E-state index in [9.17, 15) is 4.39 Å². The molecule has 3 nitrogen and oxygen atoms in total. The van der Waals surface area contributed by atoms with E-state index < -0.39 is 0 Å². The molecule has 0 aliphatic carbocycles. The van der Waals surface area contributed by atoms with Gasteiger partial charge in [-0.25, -0.2) is 14.8 Å². The van der Waals surface area contributed by atoms with Gasteiger partial charge in [0.05, 0.1) is 0 Å². The molecule has 0 spiro atoms. The summed E-state index contributed by atoms with van der Waals surface area (Å²) >= 11 is 0. The minimum Gasteiger partial charge on any atom is -0.329 e. The van der Waals surface area contributed by atoms with E-state index in [0.717, 1.165) is 25.1 Å². The number of nitrogens with two attached hydrogens (primary N) is 1. The first-order chi connectivity index (χ1) is 9.11. The third kappa shape index (κ3) is 4.27. The Kier molecular flexibility index (Phi) is 4.91. The van der Waals surface area contributed by atoms with Gasteiger partial charge in [-0.15, -0.1) is 0 Å². The highest BCUT2D eigenvalue weighted by Gasteiger charge is 2.26. The number of hydrazine groups is 1. The van der Waals surface area contributed by atoms with Crippen LogP contribution in [0.25, 0.3) is 0 Å². The third-order valence-corrected chi connectivity index (χ3v) is 3.72. The molecule has 1 aliphatic heterocycles. The normalized spacial score (nSPS) is 20.2. The number of halogens is 1. The highest BCUT2D eigenvalue weighted by atomic mass is 19.1. The zero-order valence-electron chi connectivity index (χ0n) is 11.7. The van der Waals surface area contributed by atoms with E-state index in [1.807, 2.05) is 6.07 Å². The maximum atomic E-state index is 13.2. The molecule has 0 bridgehead atoms. The van der Waals surface area contributed by atoms with Crippen LogP contribution in [0.3, 0.4) is 0 Å². The molecule has 1 heterocycles. The van der Waals surface area contributed by atoms with Crippen molar-refractivity contribution in [2.45, 2.75) is 38.1 Å². The third-order valence-electron chi connectivity index (χ3n) is 3.72. The van der Waals surface area contributed by atoms with Crippen LogP contribution in [-0.2, 0) is 6.42 Å². The lowest BCUT2D eigenvalue weighted by Crippen LogP contribution is -2.58. The molecule has 1 unspecified atom stereocenters. The number of hydrogen-bond donors (Lipinski definition) is 2. The van der Waals surface area contributed by atoms with Crippen molar-refractivity contribution >= 4 is 0 Å². The highest BCUT2D eigenvalue weighted by Crippen LogP contribution is 2.16. The van der Waals surface area contributed by atoms with Crippen LogP contribution >= 0.6 is 0 Å². The van der Waals surface area contributed by atoms with Gasteiger partial charge in [0.15, 0.2) is 0 Å². The molecule has 4 heteroatoms. The second-order valence-electron chi connectivity index (χ2n) is 5.73. The van der Waals surface area contributed by atoms with Crippen LogP contribution in [0, 0.1) is 5.82 Å². The molecule has 3 N–H and O–H groups in total. The fraction of sp³-hybridized carbons (Fsp3) is 0.600. The summed E-state index contributed by atoms with van der Waals surface area (Å²) in [6, 6.07) is 6.77. The Morgan fingerprint density at radius 3 is 2.68 bits per heavy atom. The summed E-state index contributed by atoms with van der Waals surface area (Å²) in [5.41, 5.74) is 10.2. The SMILES string of the molecule is CC(CN)(Cc1cccc(F)c1)NN1CCCCC1. The minimum atomic E-state index is -0.217. The van der Waals surface area contributed by atoms with Crippen molar-refractivity contribution in [3.05, 3.63) is 35.6 Å². The first-order valence-corrected chi connectivity index (χ1v) is 7.09. The van der Waals surface area contributed by atoms with E-state index in [2.05, 4.69) is 17.4 Å². The maximum Gasteiger partial charge on any atom is 0.123 e. The maximum absolute atomic E-state index is 13.2. The molecular weight excluding hydrogens is 241 g/mol. The predicted octanol–water partition coefficient (Wildman–Crippen LogP) is 2.08. The summed E-state index contributed by atoms with van der Waals surface area (Å²) in [6.07, 6.45) is 4.50. The molecule has 1 saturated heterocycles. The minimum absolute atomic E-state index is 0.185. The molecular formula is C15H24FN3. The van der Waals surface area contributed by atoms with Gasteiger partial charge in [0.1, 0.15) is 5.82 Å². The molecule has 0 aromatic heterocycles. The molecule has 1 aromatic rings. The Hall–Kier alpha value is -0.970. The van der Waals surface area contributed by atoms with E-state index in [1.165, 1.54) is 25.3 Å². The number of benzene rings is 1. The monoisotopic (exact) mass is 265 g/mol. The molecule has 0 saturated carbocycles. The van der Waals surface area contributed by atoms with Crippen LogP contribution in [0.5, 0.6) is 0 Å². The Morgan fingerprint density at radius 1 is 1.32 bits per heavy atom. The Bertz CT molecular complexity index is 404. The van der Waals surface area contributed by atoms with E-state index in [4.69, 9.17) is 5.73 Å². The Morgan fingerprint density at radius 2 is 2.05 bits per heavy atom. The summed E-state index contributed by atoms with van der Waals surface area (Å²) in [6.45, 7) is 4.77. The van der Waals surface area contributed by atoms with E-state index in [1.54, 1.807) is 12.1 Å². The van der Waals surface area contributed by atoms with Crippen molar-refractivity contribution in [2.24, 2.45) is 5.73 Å². The Balaban J connectivity index is 2.00. The smallest absolute Gasteiger partial charge is 0.123 e. The van der Waals surface area contributed by atoms with Crippen molar-refractivity contribution in [2.75, 3.05) is 19.6 Å². The van der Waals surface area contributed by atoms with Crippen LogP contribution in [0.2, 0.25) is 0 Å². The highest BCUT2D eigenvalue weighted by molar-refractivity contribution is 5.19. The summed E-state index contributed by atoms with van der Waals surface area (Å²) in [7, 11) is 0. The number of nitrogens with zero attached hydrogens (tertiary/aromatic N) is 1. The second kappa shape index (κ2) is 6.46. The van der Waals surface area contributed by atoms with Gasteiger partial charge < -0.3 is 5.73 Å². The van der Waals surface area contributed by atoms with Gasteiger partial charge in [-0.1, -0.05) is 18.6 Å². The number of piperidine rings is 1. The van der Waals surface area contributed by atoms with Gasteiger partial charge in [-0.2, -0.15) is 0 Å². The average Bonchev–Trinajstić information content (AvgIpc) is 2.40. The zero-order valence-corrected chi connectivity index (χ0v) is 11.7. The van der Waals surface area contributed by atoms with Gasteiger partial charge >= 0.3 is 0 Å². The lowest BCUT2D eigenvalue weighted by Gasteiger charge is -2.38. The topological polar surface area (TPSA) is 41.3 Å². The lowest BCUT2D eigenvalue weighted by atomic mass is 9.93. The van der Waals surface area contributed by atoms with Gasteiger partial charge in [0.2, 0.25) is 0 Å². The van der Waals surface area contributed by atoms with E-state index in [-0.39, 0.29) is 11.4 Å². The molecule has 1 atom stereocenters. The number of rotatable bonds is 5. The summed E-state index contributed by atoms with van der Waals surface area (Å²) in [5.74, 6) is -0.185. The van der Waals surface area contributed by atoms with Crippen LogP contribution in [-0.4, -0.2) is 30.2 Å². The largest absolute Gasteiger partial charge is 0.329 e. The standard InChI is InChI=1S/C15H24FN3/c1-15(12-17,18-19-8-3-2-4-9-19)11-13-6-5-7-14(16)10-13/h5-7,10,18H,2-4,8-9,11-12,17H2,1H3. The van der Waals surface area contributed by atoms with Gasteiger partial charge in [0.25, 0.3) is 0 Å². The first-order valence-electron chi connectivity index (χ1n) is 7.09. The average molecular weight is 265 g/mol. The van der Waals surface area contributed by atoms with Crippen LogP contribution in [0.15, 0.2) is 24.3 Å². The van der Waals surface area contributed by atoms with Crippen LogP contribution < -0.4 is 11.2 Å². The van der Waals surface area contributed by atoms with Crippen LogP contribution in [0.4, 0.5) is 4.39 Å². The van der Waals surface area contributed by atoms with Gasteiger partial charge in [-0.05, 0) is 43.9 Å². The molecule has 1 aliphatic rings. The molecule has 106 valence electrons. The Labute approximate surface area is 114 Å². The predicted molar refractivity (Wildman–Crippen MR) is 76.1 cm³/mol. The first kappa shape index (κ1) is 14.4. The molecule has 1 aromatic carbocycles. The van der Waals surface area contributed by atoms with Crippen molar-refractivity contribution in [1.29, 1.82) is 0 Å². The van der Waals surface area contributed by atoms with Crippen molar-refractivity contribution in [3.8, 4) is 0 Å². The summed E-state index contributed by atoms with van der Waals surface area (Å²) in [4.78, 5) is 0. The molecule has 0 radical (unpaired) electrons. The quantitative estimate of drug-likeness (QED) is 0.856. The zero-order chi connectivity index (χ0) is 13.7. The lowest BCUT2D eigenvalue weighted by molar-refractivity contribution is 0.0909. The van der Waals surface area contributed by atoms with Gasteiger partial charge in [-0.3, -0.25) is 0 Å². The van der Waals surface area contributed by atoms with E-state index in [0.29, 0.717) is 6.54 Å². The fourth-order valence-electron chi connectivity index (χ4n) is 2.64. The van der Waals surface area contributed by atoms with E-state index >= 15 is 0 Å². The molecule has 2 rings (SSSR count). The van der Waals surface area contributed by atoms with Crippen molar-refractivity contribution < 1.29 is 4.39 Å². The fourth-order valence-corrected chi connectivity index (χ4v) is 2.64. The molecule has 19 heavy (non-hydrogen) atoms. The summed E-state index contributed by atoms with van der Waals surface area (Å²) in [5, 5.41) is 2.26. The number of hydrogen-bond acceptors (Lipinski definition) is 3. The van der Waals surface area contributed by atoms with Crippen molar-refractivity contribution in [1.82, 2.24) is 10.4 Å².